The molecule has 2 fully saturated rings. The zero-order chi connectivity index (χ0) is 15.4. The zero-order valence-corrected chi connectivity index (χ0v) is 13.6. The minimum absolute atomic E-state index is 0.244. The van der Waals surface area contributed by atoms with Crippen molar-refractivity contribution in [2.45, 2.75) is 44.2 Å². The summed E-state index contributed by atoms with van der Waals surface area (Å²) in [4.78, 5) is 25.6. The minimum Gasteiger partial charge on any atom is -0.394 e. The van der Waals surface area contributed by atoms with E-state index in [4.69, 9.17) is 14.2 Å². The second-order valence-electron chi connectivity index (χ2n) is 5.44. The minimum atomic E-state index is -0.817. The van der Waals surface area contributed by atoms with E-state index in [1.165, 1.54) is 10.6 Å². The number of halogens is 1. The molecule has 0 aromatic carbocycles. The maximum Gasteiger partial charge on any atom is 0.331 e. The Bertz CT molecular complexity index is 668. The fourth-order valence-corrected chi connectivity index (χ4v) is 3.50. The van der Waals surface area contributed by atoms with E-state index in [2.05, 4.69) is 4.98 Å². The average molecular weight is 410 g/mol. The van der Waals surface area contributed by atoms with Crippen LogP contribution in [0.1, 0.15) is 20.1 Å². The van der Waals surface area contributed by atoms with E-state index < -0.39 is 41.6 Å². The first-order chi connectivity index (χ1) is 9.82. The molecule has 0 radical (unpaired) electrons. The van der Waals surface area contributed by atoms with Gasteiger partial charge in [0.2, 0.25) is 0 Å². The number of hydrogen-bond acceptors (Lipinski definition) is 6. The van der Waals surface area contributed by atoms with Gasteiger partial charge in [-0.3, -0.25) is 14.3 Å². The molecule has 1 aromatic heterocycles. The van der Waals surface area contributed by atoms with Crippen LogP contribution >= 0.6 is 22.6 Å². The van der Waals surface area contributed by atoms with Crippen molar-refractivity contribution in [3.63, 3.8) is 0 Å². The van der Waals surface area contributed by atoms with Crippen molar-refractivity contribution < 1.29 is 19.3 Å². The van der Waals surface area contributed by atoms with Crippen LogP contribution in [0.3, 0.4) is 0 Å². The first-order valence-corrected chi connectivity index (χ1v) is 7.53. The van der Waals surface area contributed by atoms with Crippen molar-refractivity contribution >= 4 is 22.6 Å². The lowest BCUT2D eigenvalue weighted by atomic mass is 10.1. The van der Waals surface area contributed by atoms with Crippen molar-refractivity contribution in [1.29, 1.82) is 0 Å². The van der Waals surface area contributed by atoms with Crippen LogP contribution in [0.4, 0.5) is 0 Å². The summed E-state index contributed by atoms with van der Waals surface area (Å²) in [5, 5.41) is 9.42. The van der Waals surface area contributed by atoms with Gasteiger partial charge in [-0.1, -0.05) is 0 Å². The summed E-state index contributed by atoms with van der Waals surface area (Å²) in [5.74, 6) is -0.817. The average Bonchev–Trinajstić information content (AvgIpc) is 2.82. The molecule has 0 bridgehead atoms. The molecule has 2 unspecified atom stereocenters. The highest BCUT2D eigenvalue weighted by molar-refractivity contribution is 14.1. The van der Waals surface area contributed by atoms with Gasteiger partial charge in [0.25, 0.3) is 5.56 Å². The zero-order valence-electron chi connectivity index (χ0n) is 11.4. The Balaban J connectivity index is 2.04. The smallest absolute Gasteiger partial charge is 0.331 e. The van der Waals surface area contributed by atoms with E-state index in [-0.39, 0.29) is 6.61 Å². The number of H-pyrrole nitrogens is 1. The van der Waals surface area contributed by atoms with E-state index in [0.29, 0.717) is 3.70 Å². The number of aromatic amines is 1. The summed E-state index contributed by atoms with van der Waals surface area (Å²) >= 11 is 1.89. The van der Waals surface area contributed by atoms with Gasteiger partial charge in [0.15, 0.2) is 12.0 Å². The molecular weight excluding hydrogens is 395 g/mol. The predicted molar refractivity (Wildman–Crippen MR) is 78.9 cm³/mol. The molecule has 8 nitrogen and oxygen atoms in total. The van der Waals surface area contributed by atoms with Crippen LogP contribution in [0.5, 0.6) is 0 Å². The summed E-state index contributed by atoms with van der Waals surface area (Å²) in [7, 11) is 0. The van der Waals surface area contributed by atoms with Crippen molar-refractivity contribution in [3.8, 4) is 0 Å². The maximum atomic E-state index is 12.1. The quantitative estimate of drug-likeness (QED) is 0.506. The van der Waals surface area contributed by atoms with Crippen molar-refractivity contribution in [1.82, 2.24) is 9.55 Å². The van der Waals surface area contributed by atoms with Crippen LogP contribution in [-0.2, 0) is 14.2 Å². The van der Waals surface area contributed by atoms with E-state index in [1.807, 2.05) is 22.6 Å². The van der Waals surface area contributed by atoms with Crippen LogP contribution in [-0.4, -0.2) is 45.4 Å². The highest BCUT2D eigenvalue weighted by atomic mass is 127. The maximum absolute atomic E-state index is 12.1. The number of fused-ring (bicyclic) bond motifs is 1. The summed E-state index contributed by atoms with van der Waals surface area (Å²) in [6, 6.07) is 1.30. The van der Waals surface area contributed by atoms with Crippen LogP contribution in [0, 0.1) is 3.70 Å². The number of aromatic nitrogens is 2. The van der Waals surface area contributed by atoms with Gasteiger partial charge < -0.3 is 19.3 Å². The highest BCUT2D eigenvalue weighted by Crippen LogP contribution is 2.42. The third-order valence-corrected chi connectivity index (χ3v) is 4.32. The number of hydrogen-bond donors (Lipinski definition) is 2. The molecule has 2 N–H and O–H groups in total. The molecule has 3 heterocycles. The van der Waals surface area contributed by atoms with Crippen molar-refractivity contribution in [2.75, 3.05) is 6.61 Å². The molecule has 21 heavy (non-hydrogen) atoms. The van der Waals surface area contributed by atoms with E-state index in [9.17, 15) is 14.7 Å². The van der Waals surface area contributed by atoms with Crippen molar-refractivity contribution in [2.24, 2.45) is 0 Å². The molecule has 0 spiro atoms. The Kier molecular flexibility index (Phi) is 3.72. The summed E-state index contributed by atoms with van der Waals surface area (Å²) < 4.78 is 19.0. The first kappa shape index (κ1) is 15.2. The predicted octanol–water partition coefficient (Wildman–Crippen LogP) is -0.449. The topological polar surface area (TPSA) is 103 Å². The molecule has 0 aliphatic carbocycles. The van der Waals surface area contributed by atoms with Gasteiger partial charge in [0, 0.05) is 6.07 Å². The Morgan fingerprint density at radius 2 is 2.05 bits per heavy atom. The van der Waals surface area contributed by atoms with Gasteiger partial charge in [-0.15, -0.1) is 0 Å². The molecule has 2 aliphatic rings. The van der Waals surface area contributed by atoms with Gasteiger partial charge in [0.1, 0.15) is 18.3 Å². The largest absolute Gasteiger partial charge is 0.394 e. The van der Waals surface area contributed by atoms with Crippen LogP contribution in [0.15, 0.2) is 15.7 Å². The fourth-order valence-electron chi connectivity index (χ4n) is 2.73. The lowest BCUT2D eigenvalue weighted by molar-refractivity contribution is -0.201. The molecule has 4 atom stereocenters. The van der Waals surface area contributed by atoms with E-state index in [1.54, 1.807) is 13.8 Å². The Labute approximate surface area is 133 Å². The Morgan fingerprint density at radius 3 is 2.67 bits per heavy atom. The molecule has 9 heteroatoms. The highest BCUT2D eigenvalue weighted by Gasteiger charge is 2.56. The normalized spacial score (nSPS) is 34.1. The monoisotopic (exact) mass is 410 g/mol. The van der Waals surface area contributed by atoms with Crippen LogP contribution in [0.2, 0.25) is 0 Å². The number of aliphatic hydroxyl groups is 1. The molecule has 0 saturated carbocycles. The Hall–Kier alpha value is -0.750. The number of nitrogens with one attached hydrogen (secondary N) is 1. The summed E-state index contributed by atoms with van der Waals surface area (Å²) in [6.45, 7) is 3.28. The van der Waals surface area contributed by atoms with Gasteiger partial charge in [0.05, 0.1) is 10.3 Å². The Morgan fingerprint density at radius 1 is 1.38 bits per heavy atom. The number of aliphatic hydroxyl groups excluding tert-OH is 1. The molecule has 3 rings (SSSR count). The third kappa shape index (κ3) is 2.57. The number of nitrogens with zero attached hydrogens (tertiary/aromatic N) is 1. The third-order valence-electron chi connectivity index (χ3n) is 3.49. The van der Waals surface area contributed by atoms with Gasteiger partial charge in [-0.05, 0) is 36.4 Å². The first-order valence-electron chi connectivity index (χ1n) is 6.46. The molecule has 2 aliphatic heterocycles. The van der Waals surface area contributed by atoms with Crippen LogP contribution < -0.4 is 11.2 Å². The fraction of sp³-hybridized carbons (Fsp3) is 0.667. The molecule has 116 valence electrons. The van der Waals surface area contributed by atoms with Gasteiger partial charge in [-0.25, -0.2) is 4.79 Å². The van der Waals surface area contributed by atoms with E-state index >= 15 is 0 Å². The van der Waals surface area contributed by atoms with Gasteiger partial charge in [-0.2, -0.15) is 0 Å². The molecular formula is C12H15IN2O6. The lowest BCUT2D eigenvalue weighted by Crippen LogP contribution is -2.39. The van der Waals surface area contributed by atoms with Crippen LogP contribution in [0.25, 0.3) is 0 Å². The molecule has 1 aromatic rings. The summed E-state index contributed by atoms with van der Waals surface area (Å²) in [5.41, 5.74) is -1.06. The number of rotatable bonds is 2. The van der Waals surface area contributed by atoms with Gasteiger partial charge >= 0.3 is 5.69 Å². The standard InChI is InChI=1S/C12H15IN2O6/c1-12(2)20-8-5(4-16)19-10(9(8)21-12)15-6(13)3-7(17)14-11(15)18/h3,5,8-10,16H,4H2,1-2H3,(H,14,17,18)/t5-,8?,9?,10-/m1/s1. The SMILES string of the molecule is CC1(C)OC2C(O1)[C@@H](CO)O[C@H]2n1c(I)cc(=O)[nH]c1=O. The number of ether oxygens (including phenoxy) is 3. The molecule has 0 amide bonds. The second-order valence-corrected chi connectivity index (χ2v) is 6.55. The summed E-state index contributed by atoms with van der Waals surface area (Å²) in [6.07, 6.45) is -2.35. The second kappa shape index (κ2) is 5.16. The molecule has 2 saturated heterocycles. The lowest BCUT2D eigenvalue weighted by Gasteiger charge is -2.24. The van der Waals surface area contributed by atoms with E-state index in [0.717, 1.165) is 0 Å². The van der Waals surface area contributed by atoms with Crippen molar-refractivity contribution in [3.05, 3.63) is 30.6 Å².